The number of aromatic hydroxyl groups is 1. The number of para-hydroxylation sites is 1. The minimum absolute atomic E-state index is 0.0468. The molecule has 0 aliphatic carbocycles. The molecule has 26 heavy (non-hydrogen) atoms. The van der Waals surface area contributed by atoms with Gasteiger partial charge in [-0.2, -0.15) is 5.10 Å². The van der Waals surface area contributed by atoms with Crippen molar-refractivity contribution in [1.29, 1.82) is 0 Å². The van der Waals surface area contributed by atoms with Gasteiger partial charge in [0.05, 0.1) is 28.7 Å². The van der Waals surface area contributed by atoms with Crippen LogP contribution < -0.4 is 10.9 Å². The van der Waals surface area contributed by atoms with E-state index in [4.69, 9.17) is 11.6 Å². The minimum Gasteiger partial charge on any atom is -0.507 e. The molecule has 132 valence electrons. The van der Waals surface area contributed by atoms with Gasteiger partial charge in [-0.05, 0) is 37.3 Å². The van der Waals surface area contributed by atoms with Crippen molar-refractivity contribution in [1.82, 2.24) is 20.6 Å². The minimum atomic E-state index is -0.688. The summed E-state index contributed by atoms with van der Waals surface area (Å²) in [4.78, 5) is 24.4. The highest BCUT2D eigenvalue weighted by molar-refractivity contribution is 6.31. The molecule has 1 aromatic heterocycles. The first kappa shape index (κ1) is 17.5. The quantitative estimate of drug-likeness (QED) is 0.617. The summed E-state index contributed by atoms with van der Waals surface area (Å²) in [7, 11) is 0. The second-order valence-electron chi connectivity index (χ2n) is 5.46. The first-order valence-electron chi connectivity index (χ1n) is 7.66. The third kappa shape index (κ3) is 3.52. The van der Waals surface area contributed by atoms with Crippen LogP contribution in [0.25, 0.3) is 5.69 Å². The number of hydrogen-bond acceptors (Lipinski definition) is 4. The average molecular weight is 371 g/mol. The molecule has 0 atom stereocenters. The third-order valence-corrected chi connectivity index (χ3v) is 3.98. The van der Waals surface area contributed by atoms with Crippen LogP contribution in [0.15, 0.2) is 54.7 Å². The van der Waals surface area contributed by atoms with E-state index in [-0.39, 0.29) is 11.3 Å². The van der Waals surface area contributed by atoms with Gasteiger partial charge in [-0.15, -0.1) is 0 Å². The van der Waals surface area contributed by atoms with Gasteiger partial charge >= 0.3 is 0 Å². The molecule has 3 rings (SSSR count). The predicted octanol–water partition coefficient (Wildman–Crippen LogP) is 2.61. The van der Waals surface area contributed by atoms with Gasteiger partial charge in [0.15, 0.2) is 0 Å². The number of phenolic OH excluding ortho intramolecular Hbond substituents is 1. The molecule has 8 heteroatoms. The summed E-state index contributed by atoms with van der Waals surface area (Å²) in [6, 6.07) is 13.4. The van der Waals surface area contributed by atoms with E-state index in [2.05, 4.69) is 16.0 Å². The van der Waals surface area contributed by atoms with Gasteiger partial charge < -0.3 is 5.11 Å². The van der Waals surface area contributed by atoms with E-state index in [1.165, 1.54) is 24.4 Å². The summed E-state index contributed by atoms with van der Waals surface area (Å²) in [6.45, 7) is 1.75. The Morgan fingerprint density at radius 2 is 1.69 bits per heavy atom. The zero-order chi connectivity index (χ0) is 18.7. The second kappa shape index (κ2) is 7.28. The van der Waals surface area contributed by atoms with Crippen molar-refractivity contribution in [3.63, 3.8) is 0 Å². The number of nitrogens with one attached hydrogen (secondary N) is 2. The molecule has 0 saturated heterocycles. The SMILES string of the molecule is Cc1c(C(=O)NNC(=O)c2cc(Cl)ccc2O)cnn1-c1ccccc1. The Morgan fingerprint density at radius 3 is 2.38 bits per heavy atom. The van der Waals surface area contributed by atoms with Gasteiger partial charge in [0.2, 0.25) is 0 Å². The molecule has 0 unspecified atom stereocenters. The van der Waals surface area contributed by atoms with Gasteiger partial charge in [0, 0.05) is 5.02 Å². The van der Waals surface area contributed by atoms with Gasteiger partial charge in [-0.25, -0.2) is 4.68 Å². The van der Waals surface area contributed by atoms with Crippen LogP contribution in [0.2, 0.25) is 5.02 Å². The number of nitrogens with zero attached hydrogens (tertiary/aromatic N) is 2. The number of halogens is 1. The summed E-state index contributed by atoms with van der Waals surface area (Å²) in [6.07, 6.45) is 1.42. The molecule has 3 aromatic rings. The van der Waals surface area contributed by atoms with Crippen molar-refractivity contribution in [3.8, 4) is 11.4 Å². The molecule has 0 aliphatic rings. The normalized spacial score (nSPS) is 10.4. The highest BCUT2D eigenvalue weighted by Crippen LogP contribution is 2.21. The van der Waals surface area contributed by atoms with Crippen LogP contribution in [0.4, 0.5) is 0 Å². The standard InChI is InChI=1S/C18H15ClN4O3/c1-11-15(10-20-23(11)13-5-3-2-4-6-13)18(26)22-21-17(25)14-9-12(19)7-8-16(14)24/h2-10,24H,1H3,(H,21,25)(H,22,26). The van der Waals surface area contributed by atoms with Gasteiger partial charge in [-0.3, -0.25) is 20.4 Å². The Morgan fingerprint density at radius 1 is 1.04 bits per heavy atom. The monoisotopic (exact) mass is 370 g/mol. The number of benzene rings is 2. The molecule has 0 bridgehead atoms. The summed E-state index contributed by atoms with van der Waals surface area (Å²) in [5, 5.41) is 14.2. The number of carbonyl (C=O) groups excluding carboxylic acids is 2. The van der Waals surface area contributed by atoms with Crippen molar-refractivity contribution in [2.45, 2.75) is 6.92 Å². The van der Waals surface area contributed by atoms with E-state index in [1.54, 1.807) is 11.6 Å². The number of aromatic nitrogens is 2. The van der Waals surface area contributed by atoms with Crippen LogP contribution in [0.5, 0.6) is 5.75 Å². The van der Waals surface area contributed by atoms with Crippen molar-refractivity contribution in [2.75, 3.05) is 0 Å². The summed E-state index contributed by atoms with van der Waals surface area (Å²) in [5.74, 6) is -1.46. The lowest BCUT2D eigenvalue weighted by Crippen LogP contribution is -2.41. The van der Waals surface area contributed by atoms with Crippen LogP contribution >= 0.6 is 11.6 Å². The summed E-state index contributed by atoms with van der Waals surface area (Å²) >= 11 is 5.81. The molecule has 2 amide bonds. The van der Waals surface area contributed by atoms with Gasteiger partial charge in [0.25, 0.3) is 11.8 Å². The molecular weight excluding hydrogens is 356 g/mol. The fourth-order valence-electron chi connectivity index (χ4n) is 2.40. The van der Waals surface area contributed by atoms with Crippen molar-refractivity contribution >= 4 is 23.4 Å². The molecule has 7 nitrogen and oxygen atoms in total. The predicted molar refractivity (Wildman–Crippen MR) is 96.4 cm³/mol. The van der Waals surface area contributed by atoms with Crippen molar-refractivity contribution < 1.29 is 14.7 Å². The number of carbonyl (C=O) groups is 2. The first-order chi connectivity index (χ1) is 12.5. The molecule has 0 fully saturated rings. The third-order valence-electron chi connectivity index (χ3n) is 3.75. The molecule has 0 saturated carbocycles. The fraction of sp³-hybridized carbons (Fsp3) is 0.0556. The molecule has 0 aliphatic heterocycles. The number of hydrazine groups is 1. The Kier molecular flexibility index (Phi) is 4.90. The highest BCUT2D eigenvalue weighted by atomic mass is 35.5. The number of rotatable bonds is 3. The van der Waals surface area contributed by atoms with Crippen LogP contribution in [0.1, 0.15) is 26.4 Å². The van der Waals surface area contributed by atoms with Crippen molar-refractivity contribution in [2.24, 2.45) is 0 Å². The van der Waals surface area contributed by atoms with Crippen LogP contribution in [0, 0.1) is 6.92 Å². The van der Waals surface area contributed by atoms with E-state index in [1.807, 2.05) is 30.3 Å². The maximum absolute atomic E-state index is 12.3. The largest absolute Gasteiger partial charge is 0.507 e. The Hall–Kier alpha value is -3.32. The lowest BCUT2D eigenvalue weighted by molar-refractivity contribution is 0.0844. The Balaban J connectivity index is 1.72. The lowest BCUT2D eigenvalue weighted by Gasteiger charge is -2.09. The molecule has 1 heterocycles. The summed E-state index contributed by atoms with van der Waals surface area (Å²) in [5.41, 5.74) is 6.25. The lowest BCUT2D eigenvalue weighted by atomic mass is 10.2. The average Bonchev–Trinajstić information content (AvgIpc) is 3.03. The fourth-order valence-corrected chi connectivity index (χ4v) is 2.57. The Bertz CT molecular complexity index is 970. The van der Waals surface area contributed by atoms with E-state index in [0.29, 0.717) is 16.3 Å². The molecule has 2 aromatic carbocycles. The van der Waals surface area contributed by atoms with E-state index < -0.39 is 11.8 Å². The number of amides is 2. The van der Waals surface area contributed by atoms with Crippen molar-refractivity contribution in [3.05, 3.63) is 76.6 Å². The number of phenols is 1. The molecule has 0 radical (unpaired) electrons. The van der Waals surface area contributed by atoms with E-state index in [9.17, 15) is 14.7 Å². The molecular formula is C18H15ClN4O3. The molecule has 3 N–H and O–H groups in total. The smallest absolute Gasteiger partial charge is 0.273 e. The van der Waals surface area contributed by atoms with Gasteiger partial charge in [0.1, 0.15) is 5.75 Å². The van der Waals surface area contributed by atoms with E-state index >= 15 is 0 Å². The maximum Gasteiger partial charge on any atom is 0.273 e. The second-order valence-corrected chi connectivity index (χ2v) is 5.90. The van der Waals surface area contributed by atoms with Crippen LogP contribution in [0.3, 0.4) is 0 Å². The Labute approximate surface area is 154 Å². The zero-order valence-corrected chi connectivity index (χ0v) is 14.5. The van der Waals surface area contributed by atoms with Crippen LogP contribution in [-0.2, 0) is 0 Å². The number of hydrogen-bond donors (Lipinski definition) is 3. The summed E-state index contributed by atoms with van der Waals surface area (Å²) < 4.78 is 1.62. The topological polar surface area (TPSA) is 96.2 Å². The molecule has 0 spiro atoms. The van der Waals surface area contributed by atoms with Crippen LogP contribution in [-0.4, -0.2) is 26.7 Å². The zero-order valence-electron chi connectivity index (χ0n) is 13.7. The first-order valence-corrected chi connectivity index (χ1v) is 8.04. The van der Waals surface area contributed by atoms with E-state index in [0.717, 1.165) is 5.69 Å². The van der Waals surface area contributed by atoms with Gasteiger partial charge in [-0.1, -0.05) is 29.8 Å². The highest BCUT2D eigenvalue weighted by Gasteiger charge is 2.17. The maximum atomic E-state index is 12.3.